The number of benzene rings is 2. The number of hydrogen-bond donors (Lipinski definition) is 1. The van der Waals surface area contributed by atoms with E-state index >= 15 is 0 Å². The molecule has 3 aromatic rings. The van der Waals surface area contributed by atoms with E-state index < -0.39 is 10.0 Å². The highest BCUT2D eigenvalue weighted by atomic mass is 35.5. The number of para-hydroxylation sites is 1. The van der Waals surface area contributed by atoms with Crippen molar-refractivity contribution in [3.63, 3.8) is 0 Å². The van der Waals surface area contributed by atoms with Crippen molar-refractivity contribution in [2.45, 2.75) is 11.0 Å². The third-order valence-corrected chi connectivity index (χ3v) is 5.46. The van der Waals surface area contributed by atoms with Crippen LogP contribution in [0.25, 0.3) is 10.9 Å². The van der Waals surface area contributed by atoms with Gasteiger partial charge in [-0.05, 0) is 24.3 Å². The van der Waals surface area contributed by atoms with Crippen LogP contribution in [0, 0.1) is 0 Å². The van der Waals surface area contributed by atoms with Crippen LogP contribution in [0.2, 0.25) is 5.02 Å². The molecule has 1 saturated heterocycles. The fraction of sp³-hybridized carbons (Fsp3) is 0.118. The number of fused-ring (bicyclic) bond motifs is 1. The second kappa shape index (κ2) is 5.73. The molecular formula is C17H13ClN2O3S. The Balaban J connectivity index is 1.73. The first-order chi connectivity index (χ1) is 11.5. The summed E-state index contributed by atoms with van der Waals surface area (Å²) in [5, 5.41) is 1.21. The van der Waals surface area contributed by atoms with Crippen LogP contribution in [0.5, 0.6) is 0 Å². The van der Waals surface area contributed by atoms with Gasteiger partial charge in [0.1, 0.15) is 6.10 Å². The first kappa shape index (κ1) is 15.4. The first-order valence-electron chi connectivity index (χ1n) is 7.32. The summed E-state index contributed by atoms with van der Waals surface area (Å²) in [7, 11) is -3.79. The molecule has 1 atom stereocenters. The third kappa shape index (κ3) is 2.96. The molecule has 5 nitrogen and oxygen atoms in total. The van der Waals surface area contributed by atoms with Gasteiger partial charge in [-0.2, -0.15) is 0 Å². The number of nitrogens with one attached hydrogen (secondary N) is 1. The molecule has 2 heterocycles. The zero-order valence-electron chi connectivity index (χ0n) is 12.4. The molecule has 1 aliphatic rings. The Labute approximate surface area is 144 Å². The average Bonchev–Trinajstić information content (AvgIpc) is 3.39. The fourth-order valence-electron chi connectivity index (χ4n) is 2.57. The number of nitrogens with zero attached hydrogens (tertiary/aromatic N) is 1. The van der Waals surface area contributed by atoms with Crippen LogP contribution < -0.4 is 4.72 Å². The largest absolute Gasteiger partial charge is 0.368 e. The normalized spacial score (nSPS) is 17.0. The molecule has 24 heavy (non-hydrogen) atoms. The monoisotopic (exact) mass is 360 g/mol. The number of rotatable bonds is 4. The van der Waals surface area contributed by atoms with Crippen LogP contribution in [0.1, 0.15) is 11.7 Å². The zero-order valence-corrected chi connectivity index (χ0v) is 14.0. The summed E-state index contributed by atoms with van der Waals surface area (Å²) in [6.07, 6.45) is 1.31. The summed E-state index contributed by atoms with van der Waals surface area (Å²) in [6, 6.07) is 14.0. The van der Waals surface area contributed by atoms with Gasteiger partial charge in [-0.1, -0.05) is 35.9 Å². The molecule has 1 N–H and O–H groups in total. The minimum atomic E-state index is -3.79. The highest BCUT2D eigenvalue weighted by Crippen LogP contribution is 2.36. The van der Waals surface area contributed by atoms with Crippen molar-refractivity contribution in [3.05, 3.63) is 65.3 Å². The molecule has 7 heteroatoms. The van der Waals surface area contributed by atoms with E-state index in [0.29, 0.717) is 22.9 Å². The predicted molar refractivity (Wildman–Crippen MR) is 92.7 cm³/mol. The Morgan fingerprint density at radius 3 is 2.75 bits per heavy atom. The smallest absolute Gasteiger partial charge is 0.262 e. The van der Waals surface area contributed by atoms with E-state index in [4.69, 9.17) is 16.3 Å². The lowest BCUT2D eigenvalue weighted by Crippen LogP contribution is -2.15. The molecule has 1 unspecified atom stereocenters. The van der Waals surface area contributed by atoms with E-state index in [-0.39, 0.29) is 11.0 Å². The van der Waals surface area contributed by atoms with Crippen molar-refractivity contribution < 1.29 is 13.2 Å². The molecule has 1 fully saturated rings. The maximum atomic E-state index is 12.8. The molecule has 0 amide bonds. The lowest BCUT2D eigenvalue weighted by atomic mass is 10.2. The van der Waals surface area contributed by atoms with Gasteiger partial charge in [-0.25, -0.2) is 8.42 Å². The number of epoxide rings is 1. The lowest BCUT2D eigenvalue weighted by Gasteiger charge is -2.12. The number of anilines is 1. The number of pyridine rings is 1. The van der Waals surface area contributed by atoms with Crippen LogP contribution >= 0.6 is 11.6 Å². The van der Waals surface area contributed by atoms with E-state index in [2.05, 4.69) is 9.71 Å². The molecule has 0 saturated carbocycles. The van der Waals surface area contributed by atoms with Gasteiger partial charge >= 0.3 is 0 Å². The minimum Gasteiger partial charge on any atom is -0.368 e. The third-order valence-electron chi connectivity index (χ3n) is 3.79. The molecule has 2 aromatic carbocycles. The number of aromatic nitrogens is 1. The van der Waals surface area contributed by atoms with Crippen LogP contribution in [-0.2, 0) is 14.8 Å². The van der Waals surface area contributed by atoms with Gasteiger partial charge < -0.3 is 4.74 Å². The molecule has 0 bridgehead atoms. The molecule has 122 valence electrons. The molecule has 0 spiro atoms. The fourth-order valence-corrected chi connectivity index (χ4v) is 4.13. The molecule has 0 aliphatic carbocycles. The Morgan fingerprint density at radius 2 is 1.96 bits per heavy atom. The van der Waals surface area contributed by atoms with Crippen molar-refractivity contribution in [1.29, 1.82) is 0 Å². The Morgan fingerprint density at radius 1 is 1.17 bits per heavy atom. The van der Waals surface area contributed by atoms with E-state index in [1.165, 1.54) is 12.3 Å². The molecule has 4 rings (SSSR count). The van der Waals surface area contributed by atoms with E-state index in [1.807, 2.05) is 24.3 Å². The van der Waals surface area contributed by atoms with Gasteiger partial charge in [0.15, 0.2) is 0 Å². The summed E-state index contributed by atoms with van der Waals surface area (Å²) in [6.45, 7) is 0.516. The van der Waals surface area contributed by atoms with Crippen LogP contribution in [0.3, 0.4) is 0 Å². The average molecular weight is 361 g/mol. The van der Waals surface area contributed by atoms with Crippen molar-refractivity contribution in [1.82, 2.24) is 4.98 Å². The first-order valence-corrected chi connectivity index (χ1v) is 9.18. The Kier molecular flexibility index (Phi) is 3.68. The van der Waals surface area contributed by atoms with Crippen molar-refractivity contribution in [2.75, 3.05) is 11.3 Å². The SMILES string of the molecule is O=S(=O)(Nc1cnc2ccccc2c1)c1cc(Cl)ccc1C1CO1. The second-order valence-corrected chi connectivity index (χ2v) is 7.61. The quantitative estimate of drug-likeness (QED) is 0.719. The highest BCUT2D eigenvalue weighted by molar-refractivity contribution is 7.92. The number of hydrogen-bond acceptors (Lipinski definition) is 4. The van der Waals surface area contributed by atoms with Gasteiger partial charge in [-0.15, -0.1) is 0 Å². The minimum absolute atomic E-state index is 0.130. The summed E-state index contributed by atoms with van der Waals surface area (Å²) in [5.74, 6) is 0. The standard InChI is InChI=1S/C17H13ClN2O3S/c18-12-5-6-14(16-10-23-16)17(8-12)24(21,22)20-13-7-11-3-1-2-4-15(11)19-9-13/h1-9,16,20H,10H2. The van der Waals surface area contributed by atoms with E-state index in [0.717, 1.165) is 10.9 Å². The number of halogens is 1. The summed E-state index contributed by atoms with van der Waals surface area (Å²) < 4.78 is 33.4. The van der Waals surface area contributed by atoms with Crippen LogP contribution in [-0.4, -0.2) is 20.0 Å². The van der Waals surface area contributed by atoms with Gasteiger partial charge in [0.2, 0.25) is 0 Å². The summed E-state index contributed by atoms with van der Waals surface area (Å²) >= 11 is 5.98. The predicted octanol–water partition coefficient (Wildman–Crippen LogP) is 3.76. The lowest BCUT2D eigenvalue weighted by molar-refractivity contribution is 0.412. The van der Waals surface area contributed by atoms with Gasteiger partial charge in [-0.3, -0.25) is 9.71 Å². The highest BCUT2D eigenvalue weighted by Gasteiger charge is 2.31. The van der Waals surface area contributed by atoms with Gasteiger partial charge in [0.05, 0.1) is 28.9 Å². The van der Waals surface area contributed by atoms with Crippen molar-refractivity contribution >= 4 is 38.2 Å². The van der Waals surface area contributed by atoms with Crippen LogP contribution in [0.15, 0.2) is 59.6 Å². The van der Waals surface area contributed by atoms with Crippen molar-refractivity contribution in [2.24, 2.45) is 0 Å². The maximum Gasteiger partial charge on any atom is 0.262 e. The molecular weight excluding hydrogens is 348 g/mol. The maximum absolute atomic E-state index is 12.8. The van der Waals surface area contributed by atoms with Crippen molar-refractivity contribution in [3.8, 4) is 0 Å². The molecule has 1 aliphatic heterocycles. The topological polar surface area (TPSA) is 71.6 Å². The zero-order chi connectivity index (χ0) is 16.7. The Hall–Kier alpha value is -2.15. The van der Waals surface area contributed by atoms with Gasteiger partial charge in [0.25, 0.3) is 10.0 Å². The Bertz CT molecular complexity index is 1030. The van der Waals surface area contributed by atoms with Gasteiger partial charge in [0, 0.05) is 16.0 Å². The number of ether oxygens (including phenoxy) is 1. The molecule has 1 aromatic heterocycles. The van der Waals surface area contributed by atoms with E-state index in [1.54, 1.807) is 18.2 Å². The number of sulfonamides is 1. The van der Waals surface area contributed by atoms with E-state index in [9.17, 15) is 8.42 Å². The second-order valence-electron chi connectivity index (χ2n) is 5.53. The molecule has 0 radical (unpaired) electrons. The van der Waals surface area contributed by atoms with Crippen LogP contribution in [0.4, 0.5) is 5.69 Å². The summed E-state index contributed by atoms with van der Waals surface area (Å²) in [4.78, 5) is 4.40. The summed E-state index contributed by atoms with van der Waals surface area (Å²) in [5.41, 5.74) is 1.81.